The van der Waals surface area contributed by atoms with E-state index in [2.05, 4.69) is 11.1 Å². The van der Waals surface area contributed by atoms with E-state index in [4.69, 9.17) is 10.00 Å². The number of methoxy groups -OCH3 is 1. The Morgan fingerprint density at radius 2 is 1.87 bits per heavy atom. The molecule has 0 radical (unpaired) electrons. The van der Waals surface area contributed by atoms with Crippen molar-refractivity contribution < 1.29 is 4.74 Å². The largest absolute Gasteiger partial charge is 0.495 e. The summed E-state index contributed by atoms with van der Waals surface area (Å²) in [5.74, 6) is 1.11. The Balaban J connectivity index is 2.19. The van der Waals surface area contributed by atoms with E-state index in [0.29, 0.717) is 5.75 Å². The van der Waals surface area contributed by atoms with Gasteiger partial charge in [0, 0.05) is 5.56 Å². The highest BCUT2D eigenvalue weighted by atomic mass is 32.2. The molecule has 5 heteroatoms. The van der Waals surface area contributed by atoms with Gasteiger partial charge in [0.15, 0.2) is 5.16 Å². The Kier molecular flexibility index (Phi) is 4.65. The van der Waals surface area contributed by atoms with Gasteiger partial charge in [0.05, 0.1) is 36.5 Å². The topological polar surface area (TPSA) is 50.8 Å². The third kappa shape index (κ3) is 3.08. The summed E-state index contributed by atoms with van der Waals surface area (Å²) in [4.78, 5) is 4.50. The maximum Gasteiger partial charge on any atom is 0.174 e. The van der Waals surface area contributed by atoms with Crippen LogP contribution in [0.1, 0.15) is 0 Å². The SMILES string of the molecule is COc1ccccc1-n1c(-c2ccccc2)cnc1SCC#N. The molecule has 0 unspecified atom stereocenters. The molecular formula is C18H15N3OS. The first-order valence-corrected chi connectivity index (χ1v) is 8.10. The normalized spacial score (nSPS) is 10.3. The molecular weight excluding hydrogens is 306 g/mol. The molecule has 0 aliphatic heterocycles. The molecule has 3 aromatic rings. The summed E-state index contributed by atoms with van der Waals surface area (Å²) in [6.45, 7) is 0. The van der Waals surface area contributed by atoms with E-state index >= 15 is 0 Å². The second-order valence-electron chi connectivity index (χ2n) is 4.75. The van der Waals surface area contributed by atoms with Crippen molar-refractivity contribution in [2.45, 2.75) is 5.16 Å². The van der Waals surface area contributed by atoms with Gasteiger partial charge in [-0.25, -0.2) is 4.98 Å². The standard InChI is InChI=1S/C18H15N3OS/c1-22-17-10-6-5-9-15(17)21-16(14-7-3-2-4-8-14)13-20-18(21)23-12-11-19/h2-10,13H,12H2,1H3. The molecule has 23 heavy (non-hydrogen) atoms. The highest BCUT2D eigenvalue weighted by molar-refractivity contribution is 7.99. The molecule has 0 saturated carbocycles. The van der Waals surface area contributed by atoms with Crippen LogP contribution < -0.4 is 4.74 Å². The first kappa shape index (κ1) is 15.2. The predicted octanol–water partition coefficient (Wildman–Crippen LogP) is 4.16. The number of para-hydroxylation sites is 2. The van der Waals surface area contributed by atoms with Gasteiger partial charge in [-0.05, 0) is 12.1 Å². The van der Waals surface area contributed by atoms with Crippen molar-refractivity contribution >= 4 is 11.8 Å². The van der Waals surface area contributed by atoms with Crippen molar-refractivity contribution in [2.24, 2.45) is 0 Å². The molecule has 0 fully saturated rings. The van der Waals surface area contributed by atoms with Crippen molar-refractivity contribution in [3.05, 3.63) is 60.8 Å². The number of benzene rings is 2. The lowest BCUT2D eigenvalue weighted by Crippen LogP contribution is -2.02. The van der Waals surface area contributed by atoms with Crippen molar-refractivity contribution in [3.63, 3.8) is 0 Å². The number of nitrogens with zero attached hydrogens (tertiary/aromatic N) is 3. The van der Waals surface area contributed by atoms with Gasteiger partial charge in [0.25, 0.3) is 0 Å². The molecule has 0 atom stereocenters. The van der Waals surface area contributed by atoms with E-state index in [1.807, 2.05) is 65.4 Å². The van der Waals surface area contributed by atoms with E-state index in [9.17, 15) is 0 Å². The zero-order valence-corrected chi connectivity index (χ0v) is 13.5. The Hall–Kier alpha value is -2.71. The van der Waals surface area contributed by atoms with E-state index in [0.717, 1.165) is 27.9 Å². The number of aromatic nitrogens is 2. The van der Waals surface area contributed by atoms with Crippen LogP contribution in [0.5, 0.6) is 5.75 Å². The summed E-state index contributed by atoms with van der Waals surface area (Å²) in [7, 11) is 1.65. The van der Waals surface area contributed by atoms with Gasteiger partial charge in [0.2, 0.25) is 0 Å². The maximum absolute atomic E-state index is 8.88. The Labute approximate surface area is 139 Å². The van der Waals surface area contributed by atoms with E-state index < -0.39 is 0 Å². The van der Waals surface area contributed by atoms with E-state index in [1.54, 1.807) is 7.11 Å². The zero-order valence-electron chi connectivity index (χ0n) is 12.6. The maximum atomic E-state index is 8.88. The van der Waals surface area contributed by atoms with Gasteiger partial charge < -0.3 is 4.74 Å². The number of ether oxygens (including phenoxy) is 1. The third-order valence-electron chi connectivity index (χ3n) is 3.39. The predicted molar refractivity (Wildman–Crippen MR) is 91.9 cm³/mol. The monoisotopic (exact) mass is 321 g/mol. The molecule has 3 rings (SSSR count). The highest BCUT2D eigenvalue weighted by Crippen LogP contribution is 2.33. The first-order chi connectivity index (χ1) is 11.3. The first-order valence-electron chi connectivity index (χ1n) is 7.11. The summed E-state index contributed by atoms with van der Waals surface area (Å²) in [6.07, 6.45) is 1.83. The lowest BCUT2D eigenvalue weighted by atomic mass is 10.1. The van der Waals surface area contributed by atoms with Gasteiger partial charge in [-0.3, -0.25) is 4.57 Å². The molecule has 0 bridgehead atoms. The van der Waals surface area contributed by atoms with Crippen LogP contribution in [0.3, 0.4) is 0 Å². The van der Waals surface area contributed by atoms with Crippen LogP contribution in [0.25, 0.3) is 16.9 Å². The summed E-state index contributed by atoms with van der Waals surface area (Å²) < 4.78 is 7.53. The second kappa shape index (κ2) is 7.03. The quantitative estimate of drug-likeness (QED) is 0.662. The Morgan fingerprint density at radius 3 is 2.61 bits per heavy atom. The molecule has 0 amide bonds. The molecule has 114 valence electrons. The van der Waals surface area contributed by atoms with Gasteiger partial charge in [-0.2, -0.15) is 5.26 Å². The minimum Gasteiger partial charge on any atom is -0.495 e. The Morgan fingerprint density at radius 1 is 1.13 bits per heavy atom. The van der Waals surface area contributed by atoms with Crippen LogP contribution in [0, 0.1) is 11.3 Å². The number of hydrogen-bond acceptors (Lipinski definition) is 4. The molecule has 4 nitrogen and oxygen atoms in total. The summed E-state index contributed by atoms with van der Waals surface area (Å²) in [5.41, 5.74) is 2.94. The number of imidazole rings is 1. The van der Waals surface area contributed by atoms with Crippen molar-refractivity contribution in [2.75, 3.05) is 12.9 Å². The smallest absolute Gasteiger partial charge is 0.174 e. The number of thioether (sulfide) groups is 1. The lowest BCUT2D eigenvalue weighted by molar-refractivity contribution is 0.412. The van der Waals surface area contributed by atoms with Crippen LogP contribution in [0.2, 0.25) is 0 Å². The molecule has 1 heterocycles. The number of nitriles is 1. The number of rotatable bonds is 5. The lowest BCUT2D eigenvalue weighted by Gasteiger charge is -2.14. The van der Waals surface area contributed by atoms with E-state index in [1.165, 1.54) is 11.8 Å². The minimum atomic E-state index is 0.348. The molecule has 0 N–H and O–H groups in total. The fraction of sp³-hybridized carbons (Fsp3) is 0.111. The van der Waals surface area contributed by atoms with Crippen LogP contribution in [0.4, 0.5) is 0 Å². The summed E-state index contributed by atoms with van der Waals surface area (Å²) >= 11 is 1.41. The van der Waals surface area contributed by atoms with Crippen molar-refractivity contribution in [1.29, 1.82) is 5.26 Å². The fourth-order valence-electron chi connectivity index (χ4n) is 2.39. The van der Waals surface area contributed by atoms with Crippen molar-refractivity contribution in [1.82, 2.24) is 9.55 Å². The second-order valence-corrected chi connectivity index (χ2v) is 5.69. The summed E-state index contributed by atoms with van der Waals surface area (Å²) in [5, 5.41) is 9.65. The average Bonchev–Trinajstić information content (AvgIpc) is 3.04. The van der Waals surface area contributed by atoms with Gasteiger partial charge in [0.1, 0.15) is 5.75 Å². The molecule has 0 saturated heterocycles. The minimum absolute atomic E-state index is 0.348. The van der Waals surface area contributed by atoms with Crippen LogP contribution in [0.15, 0.2) is 66.0 Å². The Bertz CT molecular complexity index is 837. The molecule has 2 aromatic carbocycles. The fourth-order valence-corrected chi connectivity index (χ4v) is 3.04. The van der Waals surface area contributed by atoms with Gasteiger partial charge in [-0.1, -0.05) is 54.2 Å². The zero-order chi connectivity index (χ0) is 16.1. The molecule has 0 aliphatic rings. The summed E-state index contributed by atoms with van der Waals surface area (Å²) in [6, 6.07) is 20.0. The van der Waals surface area contributed by atoms with Crippen LogP contribution in [-0.4, -0.2) is 22.4 Å². The highest BCUT2D eigenvalue weighted by Gasteiger charge is 2.16. The third-order valence-corrected chi connectivity index (χ3v) is 4.21. The van der Waals surface area contributed by atoms with E-state index in [-0.39, 0.29) is 0 Å². The van der Waals surface area contributed by atoms with Crippen LogP contribution in [-0.2, 0) is 0 Å². The molecule has 0 spiro atoms. The number of hydrogen-bond donors (Lipinski definition) is 0. The van der Waals surface area contributed by atoms with Gasteiger partial charge in [-0.15, -0.1) is 0 Å². The van der Waals surface area contributed by atoms with Gasteiger partial charge >= 0.3 is 0 Å². The van der Waals surface area contributed by atoms with Crippen LogP contribution >= 0.6 is 11.8 Å². The molecule has 0 aliphatic carbocycles. The average molecular weight is 321 g/mol. The molecule has 1 aromatic heterocycles. The van der Waals surface area contributed by atoms with Crippen molar-refractivity contribution in [3.8, 4) is 28.8 Å².